The third-order valence-corrected chi connectivity index (χ3v) is 4.88. The normalized spacial score (nSPS) is 11.9. The molecule has 1 atom stereocenters. The average molecular weight is 337 g/mol. The van der Waals surface area contributed by atoms with Crippen molar-refractivity contribution in [2.75, 3.05) is 11.1 Å². The lowest BCUT2D eigenvalue weighted by Gasteiger charge is -2.14. The van der Waals surface area contributed by atoms with Crippen molar-refractivity contribution in [1.82, 2.24) is 9.78 Å². The first kappa shape index (κ1) is 16.3. The van der Waals surface area contributed by atoms with E-state index in [9.17, 15) is 4.79 Å². The Morgan fingerprint density at radius 1 is 1.12 bits per heavy atom. The number of benzene rings is 2. The summed E-state index contributed by atoms with van der Waals surface area (Å²) in [6.45, 7) is 1.95. The predicted molar refractivity (Wildman–Crippen MR) is 98.5 cm³/mol. The molecule has 5 heteroatoms. The van der Waals surface area contributed by atoms with Gasteiger partial charge in [-0.25, -0.2) is 4.68 Å². The Hall–Kier alpha value is -2.53. The van der Waals surface area contributed by atoms with Gasteiger partial charge in [0.1, 0.15) is 0 Å². The SMILES string of the molecule is CC(CSc1ccccc1)C(=O)Nc1ccccc1-n1cccn1. The highest BCUT2D eigenvalue weighted by atomic mass is 32.2. The van der Waals surface area contributed by atoms with Crippen LogP contribution in [0.25, 0.3) is 5.69 Å². The monoisotopic (exact) mass is 337 g/mol. The first-order valence-electron chi connectivity index (χ1n) is 7.82. The van der Waals surface area contributed by atoms with Crippen LogP contribution in [0.5, 0.6) is 0 Å². The van der Waals surface area contributed by atoms with Crippen LogP contribution in [0.15, 0.2) is 78.0 Å². The summed E-state index contributed by atoms with van der Waals surface area (Å²) in [4.78, 5) is 13.7. The third kappa shape index (κ3) is 4.06. The smallest absolute Gasteiger partial charge is 0.228 e. The Balaban J connectivity index is 1.64. The van der Waals surface area contributed by atoms with Gasteiger partial charge in [-0.05, 0) is 30.3 Å². The summed E-state index contributed by atoms with van der Waals surface area (Å²) in [7, 11) is 0. The molecular weight excluding hydrogens is 318 g/mol. The van der Waals surface area contributed by atoms with Crippen LogP contribution >= 0.6 is 11.8 Å². The molecule has 1 heterocycles. The van der Waals surface area contributed by atoms with Crippen LogP contribution in [0, 0.1) is 5.92 Å². The van der Waals surface area contributed by atoms with Crippen LogP contribution in [-0.2, 0) is 4.79 Å². The number of hydrogen-bond acceptors (Lipinski definition) is 3. The molecule has 0 aliphatic carbocycles. The van der Waals surface area contributed by atoms with E-state index in [0.717, 1.165) is 17.1 Å². The van der Waals surface area contributed by atoms with Crippen LogP contribution in [0.1, 0.15) is 6.92 Å². The molecule has 4 nitrogen and oxygen atoms in total. The number of carbonyl (C=O) groups excluding carboxylic acids is 1. The Morgan fingerprint density at radius 2 is 1.88 bits per heavy atom. The molecule has 0 radical (unpaired) electrons. The quantitative estimate of drug-likeness (QED) is 0.684. The van der Waals surface area contributed by atoms with Gasteiger partial charge in [0.15, 0.2) is 0 Å². The number of para-hydroxylation sites is 2. The van der Waals surface area contributed by atoms with Crippen LogP contribution in [0.3, 0.4) is 0 Å². The minimum Gasteiger partial charge on any atom is -0.324 e. The van der Waals surface area contributed by atoms with Crippen molar-refractivity contribution in [1.29, 1.82) is 0 Å². The molecule has 1 N–H and O–H groups in total. The summed E-state index contributed by atoms with van der Waals surface area (Å²) in [6, 6.07) is 19.7. The Morgan fingerprint density at radius 3 is 2.62 bits per heavy atom. The van der Waals surface area contributed by atoms with Gasteiger partial charge >= 0.3 is 0 Å². The largest absolute Gasteiger partial charge is 0.324 e. The number of rotatable bonds is 6. The van der Waals surface area contributed by atoms with E-state index in [2.05, 4.69) is 22.5 Å². The van der Waals surface area contributed by atoms with Crippen molar-refractivity contribution in [3.63, 3.8) is 0 Å². The van der Waals surface area contributed by atoms with E-state index < -0.39 is 0 Å². The first-order chi connectivity index (χ1) is 11.7. The van der Waals surface area contributed by atoms with Crippen LogP contribution in [0.4, 0.5) is 5.69 Å². The van der Waals surface area contributed by atoms with Crippen molar-refractivity contribution in [2.24, 2.45) is 5.92 Å². The molecular formula is C19H19N3OS. The van der Waals surface area contributed by atoms with E-state index in [1.54, 1.807) is 22.6 Å². The molecule has 2 aromatic carbocycles. The molecule has 1 amide bonds. The van der Waals surface area contributed by atoms with E-state index in [4.69, 9.17) is 0 Å². The molecule has 0 fully saturated rings. The first-order valence-corrected chi connectivity index (χ1v) is 8.80. The second-order valence-corrected chi connectivity index (χ2v) is 6.58. The summed E-state index contributed by atoms with van der Waals surface area (Å²) in [5.74, 6) is 0.652. The predicted octanol–water partition coefficient (Wildman–Crippen LogP) is 4.24. The summed E-state index contributed by atoms with van der Waals surface area (Å²) >= 11 is 1.69. The molecule has 0 saturated heterocycles. The fraction of sp³-hybridized carbons (Fsp3) is 0.158. The van der Waals surface area contributed by atoms with Crippen molar-refractivity contribution in [3.8, 4) is 5.69 Å². The fourth-order valence-corrected chi connectivity index (χ4v) is 3.20. The van der Waals surface area contributed by atoms with E-state index in [0.29, 0.717) is 0 Å². The van der Waals surface area contributed by atoms with Crippen LogP contribution in [-0.4, -0.2) is 21.4 Å². The van der Waals surface area contributed by atoms with E-state index in [1.165, 1.54) is 4.90 Å². The molecule has 0 aliphatic rings. The van der Waals surface area contributed by atoms with Gasteiger partial charge in [-0.3, -0.25) is 4.79 Å². The van der Waals surface area contributed by atoms with Gasteiger partial charge in [0.05, 0.1) is 11.4 Å². The number of nitrogens with zero attached hydrogens (tertiary/aromatic N) is 2. The highest BCUT2D eigenvalue weighted by molar-refractivity contribution is 7.99. The van der Waals surface area contributed by atoms with Crippen molar-refractivity contribution >= 4 is 23.4 Å². The molecule has 0 bridgehead atoms. The van der Waals surface area contributed by atoms with Crippen LogP contribution in [0.2, 0.25) is 0 Å². The minimum absolute atomic E-state index is 0.0121. The zero-order chi connectivity index (χ0) is 16.8. The summed E-state index contributed by atoms with van der Waals surface area (Å²) in [6.07, 6.45) is 3.58. The molecule has 0 aliphatic heterocycles. The average Bonchev–Trinajstić information content (AvgIpc) is 3.15. The number of hydrogen-bond donors (Lipinski definition) is 1. The van der Waals surface area contributed by atoms with Gasteiger partial charge < -0.3 is 5.32 Å². The van der Waals surface area contributed by atoms with Crippen LogP contribution < -0.4 is 5.32 Å². The maximum Gasteiger partial charge on any atom is 0.228 e. The molecule has 1 aromatic heterocycles. The molecule has 24 heavy (non-hydrogen) atoms. The maximum atomic E-state index is 12.5. The molecule has 3 aromatic rings. The fourth-order valence-electron chi connectivity index (χ4n) is 2.26. The molecule has 0 saturated carbocycles. The lowest BCUT2D eigenvalue weighted by molar-refractivity contribution is -0.118. The molecule has 122 valence electrons. The highest BCUT2D eigenvalue weighted by Gasteiger charge is 2.15. The number of amides is 1. The molecule has 0 spiro atoms. The Labute approximate surface area is 145 Å². The molecule has 3 rings (SSSR count). The van der Waals surface area contributed by atoms with E-state index >= 15 is 0 Å². The van der Waals surface area contributed by atoms with Gasteiger partial charge in [-0.15, -0.1) is 11.8 Å². The lowest BCUT2D eigenvalue weighted by atomic mass is 10.2. The number of anilines is 1. The van der Waals surface area contributed by atoms with Crippen molar-refractivity contribution < 1.29 is 4.79 Å². The number of aromatic nitrogens is 2. The zero-order valence-electron chi connectivity index (χ0n) is 13.4. The van der Waals surface area contributed by atoms with Gasteiger partial charge in [0.25, 0.3) is 0 Å². The summed E-state index contributed by atoms with van der Waals surface area (Å²) < 4.78 is 1.75. The Kier molecular flexibility index (Phi) is 5.33. The second kappa shape index (κ2) is 7.84. The topological polar surface area (TPSA) is 46.9 Å². The van der Waals surface area contributed by atoms with Crippen molar-refractivity contribution in [3.05, 3.63) is 73.1 Å². The lowest BCUT2D eigenvalue weighted by Crippen LogP contribution is -2.23. The van der Waals surface area contributed by atoms with Crippen molar-refractivity contribution in [2.45, 2.75) is 11.8 Å². The highest BCUT2D eigenvalue weighted by Crippen LogP contribution is 2.23. The van der Waals surface area contributed by atoms with Gasteiger partial charge in [0.2, 0.25) is 5.91 Å². The molecule has 1 unspecified atom stereocenters. The van der Waals surface area contributed by atoms with E-state index in [-0.39, 0.29) is 11.8 Å². The summed E-state index contributed by atoms with van der Waals surface area (Å²) in [5.41, 5.74) is 1.63. The van der Waals surface area contributed by atoms with E-state index in [1.807, 2.05) is 61.7 Å². The zero-order valence-corrected chi connectivity index (χ0v) is 14.2. The van der Waals surface area contributed by atoms with Gasteiger partial charge in [-0.1, -0.05) is 37.3 Å². The third-order valence-electron chi connectivity index (χ3n) is 3.60. The number of thioether (sulfide) groups is 1. The summed E-state index contributed by atoms with van der Waals surface area (Å²) in [5, 5.41) is 7.26. The maximum absolute atomic E-state index is 12.5. The Bertz CT molecular complexity index is 787. The number of carbonyl (C=O) groups is 1. The second-order valence-electron chi connectivity index (χ2n) is 5.48. The standard InChI is InChI=1S/C19H19N3OS/c1-15(14-24-16-8-3-2-4-9-16)19(23)21-17-10-5-6-11-18(17)22-13-7-12-20-22/h2-13,15H,14H2,1H3,(H,21,23). The van der Waals surface area contributed by atoms with Gasteiger partial charge in [-0.2, -0.15) is 5.10 Å². The number of nitrogens with one attached hydrogen (secondary N) is 1. The minimum atomic E-state index is -0.0964. The van der Waals surface area contributed by atoms with Gasteiger partial charge in [0, 0.05) is 29.0 Å².